The molecule has 0 bridgehead atoms. The van der Waals surface area contributed by atoms with Gasteiger partial charge < -0.3 is 15.0 Å². The molecule has 1 amide bonds. The van der Waals surface area contributed by atoms with Crippen molar-refractivity contribution in [3.63, 3.8) is 0 Å². The molecule has 0 spiro atoms. The van der Waals surface area contributed by atoms with Crippen molar-refractivity contribution in [2.75, 3.05) is 20.2 Å². The van der Waals surface area contributed by atoms with E-state index in [1.807, 2.05) is 25.8 Å². The van der Waals surface area contributed by atoms with Crippen LogP contribution in [-0.2, 0) is 9.53 Å². The monoisotopic (exact) mass is 256 g/mol. The van der Waals surface area contributed by atoms with Crippen LogP contribution < -0.4 is 5.32 Å². The van der Waals surface area contributed by atoms with Gasteiger partial charge in [-0.05, 0) is 46.1 Å². The third-order valence-corrected chi connectivity index (χ3v) is 3.67. The Kier molecular flexibility index (Phi) is 6.65. The van der Waals surface area contributed by atoms with E-state index < -0.39 is 0 Å². The van der Waals surface area contributed by atoms with Crippen molar-refractivity contribution in [2.45, 2.75) is 64.6 Å². The van der Waals surface area contributed by atoms with Gasteiger partial charge in [0, 0.05) is 19.1 Å². The summed E-state index contributed by atoms with van der Waals surface area (Å²) in [6, 6.07) is 1.03. The molecule has 1 aliphatic carbocycles. The van der Waals surface area contributed by atoms with Crippen LogP contribution in [0.5, 0.6) is 0 Å². The van der Waals surface area contributed by atoms with E-state index in [4.69, 9.17) is 4.74 Å². The number of carbonyl (C=O) groups is 1. The highest BCUT2D eigenvalue weighted by Gasteiger charge is 2.26. The summed E-state index contributed by atoms with van der Waals surface area (Å²) in [6.07, 6.45) is 4.65. The maximum Gasteiger partial charge on any atom is 0.248 e. The van der Waals surface area contributed by atoms with Crippen molar-refractivity contribution < 1.29 is 9.53 Å². The standard InChI is InChI=1S/C14H28N2O2/c1-5-15-12-6-8-13(9-7-12)16(4)14(17)10-18-11(2)3/h11-13,15H,5-10H2,1-4H3. The number of likely N-dealkylation sites (N-methyl/N-ethyl adjacent to an activating group) is 1. The lowest BCUT2D eigenvalue weighted by atomic mass is 9.90. The van der Waals surface area contributed by atoms with Gasteiger partial charge in [0.05, 0.1) is 6.10 Å². The number of hydrogen-bond acceptors (Lipinski definition) is 3. The maximum atomic E-state index is 11.9. The van der Waals surface area contributed by atoms with Gasteiger partial charge in [0.25, 0.3) is 0 Å². The van der Waals surface area contributed by atoms with E-state index >= 15 is 0 Å². The molecule has 0 unspecified atom stereocenters. The third kappa shape index (κ3) is 4.94. The van der Waals surface area contributed by atoms with Crippen LogP contribution in [0.1, 0.15) is 46.5 Å². The van der Waals surface area contributed by atoms with Crippen molar-refractivity contribution in [1.82, 2.24) is 10.2 Å². The number of rotatable bonds is 6. The first-order chi connectivity index (χ1) is 8.54. The molecule has 4 nitrogen and oxygen atoms in total. The fourth-order valence-corrected chi connectivity index (χ4v) is 2.50. The number of amides is 1. The minimum Gasteiger partial charge on any atom is -0.369 e. The fourth-order valence-electron chi connectivity index (χ4n) is 2.50. The van der Waals surface area contributed by atoms with Gasteiger partial charge in [-0.25, -0.2) is 0 Å². The average molecular weight is 256 g/mol. The Morgan fingerprint density at radius 1 is 1.33 bits per heavy atom. The van der Waals surface area contributed by atoms with Crippen LogP contribution in [0.2, 0.25) is 0 Å². The predicted molar refractivity (Wildman–Crippen MR) is 73.6 cm³/mol. The van der Waals surface area contributed by atoms with Gasteiger partial charge in [0.2, 0.25) is 5.91 Å². The number of hydrogen-bond donors (Lipinski definition) is 1. The highest BCUT2D eigenvalue weighted by Crippen LogP contribution is 2.22. The van der Waals surface area contributed by atoms with Gasteiger partial charge in [0.15, 0.2) is 0 Å². The molecule has 1 rings (SSSR count). The van der Waals surface area contributed by atoms with E-state index in [0.717, 1.165) is 19.4 Å². The highest BCUT2D eigenvalue weighted by atomic mass is 16.5. The second kappa shape index (κ2) is 7.74. The molecule has 18 heavy (non-hydrogen) atoms. The number of ether oxygens (including phenoxy) is 1. The number of nitrogens with zero attached hydrogens (tertiary/aromatic N) is 1. The SMILES string of the molecule is CCNC1CCC(N(C)C(=O)COC(C)C)CC1. The zero-order valence-corrected chi connectivity index (χ0v) is 12.2. The largest absolute Gasteiger partial charge is 0.369 e. The van der Waals surface area contributed by atoms with Crippen molar-refractivity contribution in [2.24, 2.45) is 0 Å². The second-order valence-corrected chi connectivity index (χ2v) is 5.43. The lowest BCUT2D eigenvalue weighted by Gasteiger charge is -2.35. The Labute approximate surface area is 111 Å². The molecular weight excluding hydrogens is 228 g/mol. The molecule has 0 aromatic heterocycles. The van der Waals surface area contributed by atoms with Crippen LogP contribution >= 0.6 is 0 Å². The fraction of sp³-hybridized carbons (Fsp3) is 0.929. The Balaban J connectivity index is 2.30. The van der Waals surface area contributed by atoms with E-state index in [1.165, 1.54) is 12.8 Å². The zero-order valence-electron chi connectivity index (χ0n) is 12.2. The maximum absolute atomic E-state index is 11.9. The molecule has 106 valence electrons. The molecule has 1 aliphatic rings. The number of nitrogens with one attached hydrogen (secondary N) is 1. The molecule has 4 heteroatoms. The molecule has 0 heterocycles. The first kappa shape index (κ1) is 15.4. The van der Waals surface area contributed by atoms with Crippen LogP contribution in [0.4, 0.5) is 0 Å². The van der Waals surface area contributed by atoms with E-state index in [1.54, 1.807) is 0 Å². The first-order valence-corrected chi connectivity index (χ1v) is 7.15. The highest BCUT2D eigenvalue weighted by molar-refractivity contribution is 5.77. The average Bonchev–Trinajstić information content (AvgIpc) is 2.36. The molecule has 1 N–H and O–H groups in total. The summed E-state index contributed by atoms with van der Waals surface area (Å²) in [7, 11) is 1.91. The molecule has 0 aromatic carbocycles. The molecule has 0 atom stereocenters. The summed E-state index contributed by atoms with van der Waals surface area (Å²) in [4.78, 5) is 13.8. The lowest BCUT2D eigenvalue weighted by molar-refractivity contribution is -0.139. The first-order valence-electron chi connectivity index (χ1n) is 7.15. The van der Waals surface area contributed by atoms with Crippen molar-refractivity contribution in [3.05, 3.63) is 0 Å². The third-order valence-electron chi connectivity index (χ3n) is 3.67. The van der Waals surface area contributed by atoms with Crippen molar-refractivity contribution >= 4 is 5.91 Å². The summed E-state index contributed by atoms with van der Waals surface area (Å²) < 4.78 is 5.37. The minimum absolute atomic E-state index is 0.107. The Morgan fingerprint density at radius 2 is 1.94 bits per heavy atom. The van der Waals surface area contributed by atoms with E-state index in [9.17, 15) is 4.79 Å². The summed E-state index contributed by atoms with van der Waals surface area (Å²) in [5.74, 6) is 0.107. The quantitative estimate of drug-likeness (QED) is 0.788. The van der Waals surface area contributed by atoms with E-state index in [0.29, 0.717) is 12.1 Å². The van der Waals surface area contributed by atoms with Gasteiger partial charge in [0.1, 0.15) is 6.61 Å². The molecule has 0 saturated heterocycles. The normalized spacial score (nSPS) is 24.3. The van der Waals surface area contributed by atoms with E-state index in [-0.39, 0.29) is 18.6 Å². The van der Waals surface area contributed by atoms with Crippen LogP contribution in [0.3, 0.4) is 0 Å². The topological polar surface area (TPSA) is 41.6 Å². The van der Waals surface area contributed by atoms with Gasteiger partial charge in [-0.1, -0.05) is 6.92 Å². The van der Waals surface area contributed by atoms with E-state index in [2.05, 4.69) is 12.2 Å². The Morgan fingerprint density at radius 3 is 2.44 bits per heavy atom. The van der Waals surface area contributed by atoms with Crippen LogP contribution in [0.25, 0.3) is 0 Å². The molecule has 1 saturated carbocycles. The van der Waals surface area contributed by atoms with Crippen molar-refractivity contribution in [1.29, 1.82) is 0 Å². The summed E-state index contributed by atoms with van der Waals surface area (Å²) >= 11 is 0. The van der Waals surface area contributed by atoms with Crippen LogP contribution in [-0.4, -0.2) is 49.2 Å². The summed E-state index contributed by atoms with van der Waals surface area (Å²) in [6.45, 7) is 7.29. The van der Waals surface area contributed by atoms with Gasteiger partial charge >= 0.3 is 0 Å². The zero-order chi connectivity index (χ0) is 13.5. The van der Waals surface area contributed by atoms with Crippen molar-refractivity contribution in [3.8, 4) is 0 Å². The minimum atomic E-state index is 0.107. The second-order valence-electron chi connectivity index (χ2n) is 5.43. The smallest absolute Gasteiger partial charge is 0.248 e. The predicted octanol–water partition coefficient (Wildman–Crippen LogP) is 1.79. The van der Waals surface area contributed by atoms with Crippen LogP contribution in [0.15, 0.2) is 0 Å². The van der Waals surface area contributed by atoms with Gasteiger partial charge in [-0.15, -0.1) is 0 Å². The molecule has 1 fully saturated rings. The summed E-state index contributed by atoms with van der Waals surface area (Å²) in [5, 5.41) is 3.49. The molecule has 0 aromatic rings. The molecule has 0 aliphatic heterocycles. The molecular formula is C14H28N2O2. The Bertz CT molecular complexity index is 248. The van der Waals surface area contributed by atoms with Gasteiger partial charge in [-0.2, -0.15) is 0 Å². The van der Waals surface area contributed by atoms with Gasteiger partial charge in [-0.3, -0.25) is 4.79 Å². The summed E-state index contributed by atoms with van der Waals surface area (Å²) in [5.41, 5.74) is 0. The van der Waals surface area contributed by atoms with Crippen LogP contribution in [0, 0.1) is 0 Å². The Hall–Kier alpha value is -0.610. The molecule has 0 radical (unpaired) electrons. The lowest BCUT2D eigenvalue weighted by Crippen LogP contribution is -2.44. The number of carbonyl (C=O) groups excluding carboxylic acids is 1.